The number of unbranched alkanes of at least 4 members (excludes halogenated alkanes) is 1. The molecule has 1 heterocycles. The lowest BCUT2D eigenvalue weighted by Gasteiger charge is -2.11. The Labute approximate surface area is 148 Å². The molecule has 3 aromatic rings. The number of fused-ring (bicyclic) bond motifs is 1. The maximum Gasteiger partial charge on any atom is 0.119 e. The van der Waals surface area contributed by atoms with Crippen LogP contribution < -0.4 is 15.8 Å². The quantitative estimate of drug-likeness (QED) is 0.479. The summed E-state index contributed by atoms with van der Waals surface area (Å²) in [6.45, 7) is 2.92. The van der Waals surface area contributed by atoms with E-state index in [0.29, 0.717) is 0 Å². The number of nitrogens with zero attached hydrogens (tertiary/aromatic N) is 1. The molecule has 0 bridgehead atoms. The number of benzene rings is 2. The van der Waals surface area contributed by atoms with Crippen LogP contribution in [0.25, 0.3) is 10.9 Å². The van der Waals surface area contributed by atoms with Crippen LogP contribution >= 0.6 is 12.4 Å². The molecule has 1 aromatic heterocycles. The summed E-state index contributed by atoms with van der Waals surface area (Å²) in [7, 11) is 0. The van der Waals surface area contributed by atoms with Gasteiger partial charge < -0.3 is 15.8 Å². The minimum Gasteiger partial charge on any atom is -0.494 e. The van der Waals surface area contributed by atoms with Crippen LogP contribution in [0.15, 0.2) is 54.7 Å². The SMILES string of the molecule is CCCCOc1ccc(Nc2ccnc3ccc(N)cc23)cc1.Cl. The minimum atomic E-state index is 0. The van der Waals surface area contributed by atoms with E-state index in [1.54, 1.807) is 6.20 Å². The summed E-state index contributed by atoms with van der Waals surface area (Å²) >= 11 is 0. The van der Waals surface area contributed by atoms with E-state index in [4.69, 9.17) is 10.5 Å². The Morgan fingerprint density at radius 1 is 1.08 bits per heavy atom. The van der Waals surface area contributed by atoms with E-state index < -0.39 is 0 Å². The lowest BCUT2D eigenvalue weighted by atomic mass is 10.1. The molecular formula is C19H22ClN3O. The van der Waals surface area contributed by atoms with Crippen molar-refractivity contribution in [3.63, 3.8) is 0 Å². The third kappa shape index (κ3) is 4.30. The Morgan fingerprint density at radius 2 is 1.88 bits per heavy atom. The third-order valence-corrected chi connectivity index (χ3v) is 3.67. The zero-order valence-electron chi connectivity index (χ0n) is 13.7. The predicted molar refractivity (Wildman–Crippen MR) is 104 cm³/mol. The smallest absolute Gasteiger partial charge is 0.119 e. The number of hydrogen-bond acceptors (Lipinski definition) is 4. The molecule has 126 valence electrons. The molecule has 0 saturated heterocycles. The van der Waals surface area contributed by atoms with Crippen LogP contribution in [0, 0.1) is 0 Å². The molecule has 0 atom stereocenters. The van der Waals surface area contributed by atoms with Gasteiger partial charge in [-0.15, -0.1) is 12.4 Å². The van der Waals surface area contributed by atoms with E-state index in [2.05, 4.69) is 17.2 Å². The number of aromatic nitrogens is 1. The van der Waals surface area contributed by atoms with Gasteiger partial charge in [0.1, 0.15) is 5.75 Å². The zero-order valence-corrected chi connectivity index (χ0v) is 14.5. The number of ether oxygens (including phenoxy) is 1. The van der Waals surface area contributed by atoms with Crippen molar-refractivity contribution in [2.45, 2.75) is 19.8 Å². The van der Waals surface area contributed by atoms with Crippen molar-refractivity contribution >= 4 is 40.4 Å². The van der Waals surface area contributed by atoms with Crippen molar-refractivity contribution in [1.82, 2.24) is 4.98 Å². The van der Waals surface area contributed by atoms with Gasteiger partial charge in [0.2, 0.25) is 0 Å². The third-order valence-electron chi connectivity index (χ3n) is 3.67. The first-order chi connectivity index (χ1) is 11.3. The van der Waals surface area contributed by atoms with E-state index in [9.17, 15) is 0 Å². The molecule has 0 aliphatic carbocycles. The number of halogens is 1. The van der Waals surface area contributed by atoms with Gasteiger partial charge in [-0.1, -0.05) is 13.3 Å². The fourth-order valence-electron chi connectivity index (χ4n) is 2.40. The van der Waals surface area contributed by atoms with Gasteiger partial charge in [-0.25, -0.2) is 0 Å². The Bertz CT molecular complexity index is 790. The van der Waals surface area contributed by atoms with E-state index >= 15 is 0 Å². The molecule has 24 heavy (non-hydrogen) atoms. The van der Waals surface area contributed by atoms with Crippen molar-refractivity contribution in [3.05, 3.63) is 54.7 Å². The van der Waals surface area contributed by atoms with Gasteiger partial charge in [0.15, 0.2) is 0 Å². The fourth-order valence-corrected chi connectivity index (χ4v) is 2.40. The lowest BCUT2D eigenvalue weighted by Crippen LogP contribution is -1.97. The number of hydrogen-bond donors (Lipinski definition) is 2. The summed E-state index contributed by atoms with van der Waals surface area (Å²) in [5, 5.41) is 4.43. The van der Waals surface area contributed by atoms with Gasteiger partial charge >= 0.3 is 0 Å². The van der Waals surface area contributed by atoms with Crippen LogP contribution in [-0.2, 0) is 0 Å². The summed E-state index contributed by atoms with van der Waals surface area (Å²) in [4.78, 5) is 4.36. The van der Waals surface area contributed by atoms with Gasteiger partial charge in [-0.3, -0.25) is 4.98 Å². The number of anilines is 3. The first-order valence-electron chi connectivity index (χ1n) is 7.90. The highest BCUT2D eigenvalue weighted by Gasteiger charge is 2.03. The van der Waals surface area contributed by atoms with Gasteiger partial charge in [-0.2, -0.15) is 0 Å². The first-order valence-corrected chi connectivity index (χ1v) is 7.90. The van der Waals surface area contributed by atoms with Crippen LogP contribution in [0.2, 0.25) is 0 Å². The largest absolute Gasteiger partial charge is 0.494 e. The maximum atomic E-state index is 5.89. The van der Waals surface area contributed by atoms with Crippen molar-refractivity contribution in [2.24, 2.45) is 0 Å². The molecule has 0 unspecified atom stereocenters. The Balaban J connectivity index is 0.00000208. The van der Waals surface area contributed by atoms with Crippen molar-refractivity contribution in [2.75, 3.05) is 17.7 Å². The molecule has 0 saturated carbocycles. The molecule has 0 fully saturated rings. The van der Waals surface area contributed by atoms with Crippen LogP contribution in [-0.4, -0.2) is 11.6 Å². The van der Waals surface area contributed by atoms with E-state index in [1.807, 2.05) is 48.5 Å². The topological polar surface area (TPSA) is 60.2 Å². The molecule has 2 aromatic carbocycles. The van der Waals surface area contributed by atoms with Crippen molar-refractivity contribution in [3.8, 4) is 5.75 Å². The molecule has 0 radical (unpaired) electrons. The highest BCUT2D eigenvalue weighted by Crippen LogP contribution is 2.27. The number of rotatable bonds is 6. The second-order valence-electron chi connectivity index (χ2n) is 5.49. The molecule has 3 rings (SSSR count). The highest BCUT2D eigenvalue weighted by molar-refractivity contribution is 5.94. The van der Waals surface area contributed by atoms with E-state index in [-0.39, 0.29) is 12.4 Å². The summed E-state index contributed by atoms with van der Waals surface area (Å²) in [5.74, 6) is 0.896. The van der Waals surface area contributed by atoms with Crippen molar-refractivity contribution in [1.29, 1.82) is 0 Å². The number of pyridine rings is 1. The van der Waals surface area contributed by atoms with E-state index in [0.717, 1.165) is 53.2 Å². The highest BCUT2D eigenvalue weighted by atomic mass is 35.5. The second kappa shape index (κ2) is 8.41. The molecular weight excluding hydrogens is 322 g/mol. The molecule has 0 amide bonds. The van der Waals surface area contributed by atoms with Gasteiger partial charge in [0.25, 0.3) is 0 Å². The molecule has 0 aliphatic heterocycles. The minimum absolute atomic E-state index is 0. The second-order valence-corrected chi connectivity index (χ2v) is 5.49. The monoisotopic (exact) mass is 343 g/mol. The van der Waals surface area contributed by atoms with Gasteiger partial charge in [0.05, 0.1) is 12.1 Å². The molecule has 0 aliphatic rings. The average molecular weight is 344 g/mol. The number of nitrogens with two attached hydrogens (primary N) is 1. The summed E-state index contributed by atoms with van der Waals surface area (Å²) in [6, 6.07) is 15.7. The fraction of sp³-hybridized carbons (Fsp3) is 0.211. The summed E-state index contributed by atoms with van der Waals surface area (Å²) < 4.78 is 5.68. The van der Waals surface area contributed by atoms with Crippen molar-refractivity contribution < 1.29 is 4.74 Å². The number of nitrogens with one attached hydrogen (secondary N) is 1. The number of nitrogen functional groups attached to an aromatic ring is 1. The normalized spacial score (nSPS) is 10.2. The molecule has 0 spiro atoms. The average Bonchev–Trinajstić information content (AvgIpc) is 2.57. The van der Waals surface area contributed by atoms with Crippen LogP contribution in [0.3, 0.4) is 0 Å². The van der Waals surface area contributed by atoms with Crippen LogP contribution in [0.1, 0.15) is 19.8 Å². The Hall–Kier alpha value is -2.46. The van der Waals surface area contributed by atoms with Crippen LogP contribution in [0.5, 0.6) is 5.75 Å². The van der Waals surface area contributed by atoms with Gasteiger partial charge in [0, 0.05) is 28.6 Å². The first kappa shape index (κ1) is 17.9. The molecule has 4 nitrogen and oxygen atoms in total. The summed E-state index contributed by atoms with van der Waals surface area (Å²) in [6.07, 6.45) is 4.01. The summed E-state index contributed by atoms with van der Waals surface area (Å²) in [5.41, 5.74) is 9.53. The molecule has 3 N–H and O–H groups in total. The standard InChI is InChI=1S/C19H21N3O.ClH/c1-2-3-12-23-16-7-5-15(6-8-16)22-19-10-11-21-18-9-4-14(20)13-17(18)19;/h4-11,13H,2-3,12,20H2,1H3,(H,21,22);1H. The lowest BCUT2D eigenvalue weighted by molar-refractivity contribution is 0.309. The van der Waals surface area contributed by atoms with Crippen LogP contribution in [0.4, 0.5) is 17.1 Å². The van der Waals surface area contributed by atoms with E-state index in [1.165, 1.54) is 0 Å². The Kier molecular flexibility index (Phi) is 6.27. The zero-order chi connectivity index (χ0) is 16.1. The molecule has 5 heteroatoms. The Morgan fingerprint density at radius 3 is 2.62 bits per heavy atom. The predicted octanol–water partition coefficient (Wildman–Crippen LogP) is 5.16. The van der Waals surface area contributed by atoms with Gasteiger partial charge in [-0.05, 0) is 55.0 Å². The maximum absolute atomic E-state index is 5.89.